The molecule has 0 aromatic rings. The van der Waals surface area contributed by atoms with E-state index in [1.807, 2.05) is 0 Å². The fourth-order valence-corrected chi connectivity index (χ4v) is 1.15. The molecule has 1 radical (unpaired) electrons. The molecule has 0 atom stereocenters. The quantitative estimate of drug-likeness (QED) is 0.525. The lowest BCUT2D eigenvalue weighted by Gasteiger charge is -2.12. The molecule has 0 spiro atoms. The number of hydrogen-bond acceptors (Lipinski definition) is 0. The molecule has 67 valence electrons. The SMILES string of the molecule is CCCCCCCC(C)(C)[O]. The Balaban J connectivity index is 3.02. The monoisotopic (exact) mass is 157 g/mol. The van der Waals surface area contributed by atoms with Gasteiger partial charge in [0, 0.05) is 0 Å². The third kappa shape index (κ3) is 9.96. The highest BCUT2D eigenvalue weighted by Crippen LogP contribution is 2.14. The van der Waals surface area contributed by atoms with E-state index in [4.69, 9.17) is 0 Å². The first kappa shape index (κ1) is 11.0. The van der Waals surface area contributed by atoms with E-state index in [2.05, 4.69) is 6.92 Å². The Morgan fingerprint density at radius 1 is 1.00 bits per heavy atom. The zero-order valence-corrected chi connectivity index (χ0v) is 8.15. The Kier molecular flexibility index (Phi) is 5.57. The molecule has 0 aromatic heterocycles. The molecule has 0 N–H and O–H groups in total. The fraction of sp³-hybridized carbons (Fsp3) is 1.00. The lowest BCUT2D eigenvalue weighted by Crippen LogP contribution is -2.15. The number of unbranched alkanes of at least 4 members (excludes halogenated alkanes) is 4. The molecule has 0 unspecified atom stereocenters. The lowest BCUT2D eigenvalue weighted by atomic mass is 10.0. The molecule has 0 saturated heterocycles. The highest BCUT2D eigenvalue weighted by Gasteiger charge is 2.13. The highest BCUT2D eigenvalue weighted by atomic mass is 16.3. The second-order valence-corrected chi connectivity index (χ2v) is 3.92. The van der Waals surface area contributed by atoms with Crippen LogP contribution in [-0.2, 0) is 5.11 Å². The summed E-state index contributed by atoms with van der Waals surface area (Å²) in [6.07, 6.45) is 7.07. The predicted molar refractivity (Wildman–Crippen MR) is 48.1 cm³/mol. The molecule has 1 nitrogen and oxygen atoms in total. The topological polar surface area (TPSA) is 19.9 Å². The Labute approximate surface area is 70.8 Å². The molecule has 0 aliphatic heterocycles. The van der Waals surface area contributed by atoms with Crippen LogP contribution in [0.5, 0.6) is 0 Å². The van der Waals surface area contributed by atoms with Crippen molar-refractivity contribution in [2.24, 2.45) is 0 Å². The van der Waals surface area contributed by atoms with Crippen LogP contribution in [0.15, 0.2) is 0 Å². The summed E-state index contributed by atoms with van der Waals surface area (Å²) in [5.74, 6) is 0. The van der Waals surface area contributed by atoms with Crippen molar-refractivity contribution < 1.29 is 5.11 Å². The van der Waals surface area contributed by atoms with Crippen LogP contribution >= 0.6 is 0 Å². The first-order chi connectivity index (χ1) is 5.06. The van der Waals surface area contributed by atoms with E-state index >= 15 is 0 Å². The highest BCUT2D eigenvalue weighted by molar-refractivity contribution is 4.63. The summed E-state index contributed by atoms with van der Waals surface area (Å²) in [5, 5.41) is 11.1. The smallest absolute Gasteiger partial charge is 0.0980 e. The Hall–Kier alpha value is -0.0400. The van der Waals surface area contributed by atoms with Crippen LogP contribution < -0.4 is 0 Å². The van der Waals surface area contributed by atoms with Crippen molar-refractivity contribution in [2.45, 2.75) is 64.9 Å². The van der Waals surface area contributed by atoms with E-state index < -0.39 is 5.60 Å². The van der Waals surface area contributed by atoms with E-state index in [9.17, 15) is 5.11 Å². The minimum Gasteiger partial charge on any atom is -0.230 e. The molecule has 0 rings (SSSR count). The second-order valence-electron chi connectivity index (χ2n) is 3.92. The van der Waals surface area contributed by atoms with Crippen LogP contribution in [0.4, 0.5) is 0 Å². The molecule has 0 aromatic carbocycles. The van der Waals surface area contributed by atoms with Crippen molar-refractivity contribution in [1.82, 2.24) is 0 Å². The van der Waals surface area contributed by atoms with Crippen LogP contribution in [0.3, 0.4) is 0 Å². The third-order valence-electron chi connectivity index (χ3n) is 1.88. The summed E-state index contributed by atoms with van der Waals surface area (Å²) in [6.45, 7) is 5.75. The maximum Gasteiger partial charge on any atom is 0.0980 e. The largest absolute Gasteiger partial charge is 0.230 e. The fourth-order valence-electron chi connectivity index (χ4n) is 1.15. The first-order valence-corrected chi connectivity index (χ1v) is 4.76. The molecular formula is C10H21O. The van der Waals surface area contributed by atoms with E-state index in [0.29, 0.717) is 0 Å². The zero-order valence-electron chi connectivity index (χ0n) is 8.15. The molecule has 1 heteroatoms. The van der Waals surface area contributed by atoms with Gasteiger partial charge in [0.2, 0.25) is 0 Å². The molecular weight excluding hydrogens is 136 g/mol. The van der Waals surface area contributed by atoms with Crippen molar-refractivity contribution in [2.75, 3.05) is 0 Å². The Morgan fingerprint density at radius 3 is 2.00 bits per heavy atom. The summed E-state index contributed by atoms with van der Waals surface area (Å²) >= 11 is 0. The van der Waals surface area contributed by atoms with Crippen LogP contribution in [-0.4, -0.2) is 5.60 Å². The van der Waals surface area contributed by atoms with E-state index in [-0.39, 0.29) is 0 Å². The maximum atomic E-state index is 11.1. The summed E-state index contributed by atoms with van der Waals surface area (Å²) in [6, 6.07) is 0. The summed E-state index contributed by atoms with van der Waals surface area (Å²) < 4.78 is 0. The number of hydrogen-bond donors (Lipinski definition) is 0. The van der Waals surface area contributed by atoms with Gasteiger partial charge in [-0.3, -0.25) is 0 Å². The standard InChI is InChI=1S/C10H21O/c1-4-5-6-7-8-9-10(2,3)11/h4-9H2,1-3H3. The van der Waals surface area contributed by atoms with Gasteiger partial charge in [-0.15, -0.1) is 0 Å². The first-order valence-electron chi connectivity index (χ1n) is 4.76. The molecule has 0 heterocycles. The normalized spacial score (nSPS) is 12.0. The second kappa shape index (κ2) is 5.59. The van der Waals surface area contributed by atoms with Crippen molar-refractivity contribution in [3.8, 4) is 0 Å². The van der Waals surface area contributed by atoms with Crippen molar-refractivity contribution in [1.29, 1.82) is 0 Å². The van der Waals surface area contributed by atoms with Gasteiger partial charge in [-0.25, -0.2) is 5.11 Å². The predicted octanol–water partition coefficient (Wildman–Crippen LogP) is 3.56. The van der Waals surface area contributed by atoms with E-state index in [1.165, 1.54) is 25.7 Å². The van der Waals surface area contributed by atoms with Crippen LogP contribution in [0.2, 0.25) is 0 Å². The minimum absolute atomic E-state index is 0.702. The minimum atomic E-state index is -0.702. The maximum absolute atomic E-state index is 11.1. The van der Waals surface area contributed by atoms with E-state index in [0.717, 1.165) is 12.8 Å². The van der Waals surface area contributed by atoms with Gasteiger partial charge in [-0.05, 0) is 20.3 Å². The van der Waals surface area contributed by atoms with Crippen LogP contribution in [0.25, 0.3) is 0 Å². The molecule has 0 fully saturated rings. The zero-order chi connectivity index (χ0) is 8.74. The molecule has 0 bridgehead atoms. The van der Waals surface area contributed by atoms with Gasteiger partial charge in [-0.2, -0.15) is 0 Å². The van der Waals surface area contributed by atoms with Crippen LogP contribution in [0, 0.1) is 0 Å². The molecule has 0 aliphatic carbocycles. The van der Waals surface area contributed by atoms with Gasteiger partial charge in [0.25, 0.3) is 0 Å². The number of rotatable bonds is 6. The average molecular weight is 157 g/mol. The van der Waals surface area contributed by atoms with Gasteiger partial charge in [0.15, 0.2) is 0 Å². The summed E-state index contributed by atoms with van der Waals surface area (Å²) in [7, 11) is 0. The molecule has 0 saturated carbocycles. The summed E-state index contributed by atoms with van der Waals surface area (Å²) in [5.41, 5.74) is -0.702. The molecule has 11 heavy (non-hydrogen) atoms. The molecule has 0 amide bonds. The van der Waals surface area contributed by atoms with Gasteiger partial charge < -0.3 is 0 Å². The van der Waals surface area contributed by atoms with Gasteiger partial charge in [-0.1, -0.05) is 39.0 Å². The van der Waals surface area contributed by atoms with Crippen molar-refractivity contribution in [3.05, 3.63) is 0 Å². The average Bonchev–Trinajstić information content (AvgIpc) is 1.85. The van der Waals surface area contributed by atoms with Crippen molar-refractivity contribution >= 4 is 0 Å². The third-order valence-corrected chi connectivity index (χ3v) is 1.88. The van der Waals surface area contributed by atoms with Gasteiger partial charge in [0.1, 0.15) is 0 Å². The van der Waals surface area contributed by atoms with Gasteiger partial charge >= 0.3 is 0 Å². The Bertz CT molecular complexity index is 81.4. The molecule has 0 aliphatic rings. The lowest BCUT2D eigenvalue weighted by molar-refractivity contribution is -0.00510. The van der Waals surface area contributed by atoms with Crippen molar-refractivity contribution in [3.63, 3.8) is 0 Å². The summed E-state index contributed by atoms with van der Waals surface area (Å²) in [4.78, 5) is 0. The van der Waals surface area contributed by atoms with Gasteiger partial charge in [0.05, 0.1) is 5.60 Å². The van der Waals surface area contributed by atoms with Crippen LogP contribution in [0.1, 0.15) is 59.3 Å². The van der Waals surface area contributed by atoms with E-state index in [1.54, 1.807) is 13.8 Å². The Morgan fingerprint density at radius 2 is 1.55 bits per heavy atom.